The van der Waals surface area contributed by atoms with E-state index >= 15 is 0 Å². The number of aromatic nitrogens is 1. The fourth-order valence-corrected chi connectivity index (χ4v) is 3.92. The van der Waals surface area contributed by atoms with Gasteiger partial charge in [-0.05, 0) is 24.1 Å². The fraction of sp³-hybridized carbons (Fsp3) is 0.389. The maximum Gasteiger partial charge on any atom is 0.307 e. The summed E-state index contributed by atoms with van der Waals surface area (Å²) in [5.74, 6) is -1.73. The van der Waals surface area contributed by atoms with Gasteiger partial charge >= 0.3 is 5.97 Å². The van der Waals surface area contributed by atoms with Crippen molar-refractivity contribution in [3.63, 3.8) is 0 Å². The standard InChI is InChI=1S/C18H19Cl2NO3S/c1-3-10(2)15(18(23)24)8-13(22)7-12-9-25-17(21-12)14-5-4-11(19)6-16(14)20/h4-6,9-10,15H,3,7-8H2,1-2H3,(H,23,24)/t10-,15-/m0/s1. The highest BCUT2D eigenvalue weighted by molar-refractivity contribution is 7.13. The molecule has 7 heteroatoms. The van der Waals surface area contributed by atoms with Crippen molar-refractivity contribution in [3.8, 4) is 10.6 Å². The van der Waals surface area contributed by atoms with Crippen LogP contribution in [-0.4, -0.2) is 21.8 Å². The average Bonchev–Trinajstić information content (AvgIpc) is 2.99. The number of thiazole rings is 1. The molecule has 0 bridgehead atoms. The first-order chi connectivity index (χ1) is 11.8. The van der Waals surface area contributed by atoms with Gasteiger partial charge in [-0.2, -0.15) is 0 Å². The zero-order chi connectivity index (χ0) is 18.6. The molecule has 1 aromatic carbocycles. The minimum atomic E-state index is -0.922. The number of carbonyl (C=O) groups excluding carboxylic acids is 1. The van der Waals surface area contributed by atoms with Gasteiger partial charge < -0.3 is 5.11 Å². The Morgan fingerprint density at radius 1 is 1.32 bits per heavy atom. The molecule has 0 aliphatic heterocycles. The van der Waals surface area contributed by atoms with Crippen LogP contribution in [0.1, 0.15) is 32.4 Å². The number of carboxylic acids is 1. The van der Waals surface area contributed by atoms with E-state index in [0.29, 0.717) is 20.7 Å². The van der Waals surface area contributed by atoms with Gasteiger partial charge in [-0.3, -0.25) is 9.59 Å². The summed E-state index contributed by atoms with van der Waals surface area (Å²) >= 11 is 13.5. The van der Waals surface area contributed by atoms with Crippen molar-refractivity contribution >= 4 is 46.3 Å². The quantitative estimate of drug-likeness (QED) is 0.647. The lowest BCUT2D eigenvalue weighted by atomic mass is 9.87. The van der Waals surface area contributed by atoms with Crippen LogP contribution >= 0.6 is 34.5 Å². The van der Waals surface area contributed by atoms with Crippen LogP contribution in [0.5, 0.6) is 0 Å². The van der Waals surface area contributed by atoms with E-state index < -0.39 is 11.9 Å². The van der Waals surface area contributed by atoms with Gasteiger partial charge in [-0.15, -0.1) is 11.3 Å². The molecule has 0 aliphatic rings. The van der Waals surface area contributed by atoms with E-state index in [1.54, 1.807) is 23.6 Å². The zero-order valence-corrected chi connectivity index (χ0v) is 16.3. The smallest absolute Gasteiger partial charge is 0.307 e. The second kappa shape index (κ2) is 8.79. The Balaban J connectivity index is 2.07. The number of aliphatic carboxylic acids is 1. The zero-order valence-electron chi connectivity index (χ0n) is 14.0. The molecule has 25 heavy (non-hydrogen) atoms. The molecular weight excluding hydrogens is 381 g/mol. The van der Waals surface area contributed by atoms with Crippen LogP contribution in [0.4, 0.5) is 0 Å². The Labute approximate surface area is 160 Å². The van der Waals surface area contributed by atoms with Crippen molar-refractivity contribution in [1.82, 2.24) is 4.98 Å². The molecule has 134 valence electrons. The number of hydrogen-bond acceptors (Lipinski definition) is 4. The largest absolute Gasteiger partial charge is 0.481 e. The highest BCUT2D eigenvalue weighted by Gasteiger charge is 2.26. The molecule has 0 radical (unpaired) electrons. The van der Waals surface area contributed by atoms with Gasteiger partial charge in [-0.1, -0.05) is 43.5 Å². The summed E-state index contributed by atoms with van der Waals surface area (Å²) in [6.07, 6.45) is 0.876. The number of carbonyl (C=O) groups is 2. The highest BCUT2D eigenvalue weighted by atomic mass is 35.5. The van der Waals surface area contributed by atoms with Gasteiger partial charge in [0.15, 0.2) is 0 Å². The molecule has 0 aliphatic carbocycles. The predicted molar refractivity (Wildman–Crippen MR) is 101 cm³/mol. The molecule has 0 amide bonds. The minimum absolute atomic E-state index is 0.0267. The Hall–Kier alpha value is -1.43. The van der Waals surface area contributed by atoms with Gasteiger partial charge in [-0.25, -0.2) is 4.98 Å². The SMILES string of the molecule is CC[C@H](C)[C@H](CC(=O)Cc1csc(-c2ccc(Cl)cc2Cl)n1)C(=O)O. The summed E-state index contributed by atoms with van der Waals surface area (Å²) in [7, 11) is 0. The summed E-state index contributed by atoms with van der Waals surface area (Å²) in [5.41, 5.74) is 1.39. The highest BCUT2D eigenvalue weighted by Crippen LogP contribution is 2.32. The van der Waals surface area contributed by atoms with Crippen LogP contribution in [0.3, 0.4) is 0 Å². The third kappa shape index (κ3) is 5.27. The van der Waals surface area contributed by atoms with E-state index in [9.17, 15) is 14.7 Å². The van der Waals surface area contributed by atoms with Gasteiger partial charge in [0.2, 0.25) is 0 Å². The van der Waals surface area contributed by atoms with Crippen LogP contribution in [-0.2, 0) is 16.0 Å². The van der Waals surface area contributed by atoms with Crippen molar-refractivity contribution in [1.29, 1.82) is 0 Å². The minimum Gasteiger partial charge on any atom is -0.481 e. The average molecular weight is 400 g/mol. The Kier molecular flexibility index (Phi) is 6.99. The van der Waals surface area contributed by atoms with Crippen LogP contribution in [0.15, 0.2) is 23.6 Å². The lowest BCUT2D eigenvalue weighted by molar-refractivity contribution is -0.145. The lowest BCUT2D eigenvalue weighted by Crippen LogP contribution is -2.25. The molecule has 2 aromatic rings. The summed E-state index contributed by atoms with van der Waals surface area (Å²) < 4.78 is 0. The van der Waals surface area contributed by atoms with Crippen molar-refractivity contribution in [2.24, 2.45) is 11.8 Å². The van der Waals surface area contributed by atoms with Crippen LogP contribution in [0, 0.1) is 11.8 Å². The first-order valence-corrected chi connectivity index (χ1v) is 9.59. The lowest BCUT2D eigenvalue weighted by Gasteiger charge is -2.17. The fourth-order valence-electron chi connectivity index (χ4n) is 2.51. The first kappa shape index (κ1) is 19.9. The number of nitrogens with zero attached hydrogens (tertiary/aromatic N) is 1. The molecule has 1 heterocycles. The normalized spacial score (nSPS) is 13.4. The van der Waals surface area contributed by atoms with E-state index in [1.165, 1.54) is 11.3 Å². The number of halogens is 2. The van der Waals surface area contributed by atoms with Gasteiger partial charge in [0, 0.05) is 28.8 Å². The molecule has 0 unspecified atom stereocenters. The molecule has 0 saturated carbocycles. The maximum absolute atomic E-state index is 12.3. The summed E-state index contributed by atoms with van der Waals surface area (Å²) in [6, 6.07) is 5.17. The Morgan fingerprint density at radius 2 is 2.04 bits per heavy atom. The monoisotopic (exact) mass is 399 g/mol. The first-order valence-electron chi connectivity index (χ1n) is 7.96. The molecule has 4 nitrogen and oxygen atoms in total. The van der Waals surface area contributed by atoms with Crippen molar-refractivity contribution in [2.75, 3.05) is 0 Å². The molecule has 2 rings (SSSR count). The third-order valence-electron chi connectivity index (χ3n) is 4.19. The molecule has 2 atom stereocenters. The van der Waals surface area contributed by atoms with Crippen LogP contribution in [0.25, 0.3) is 10.6 Å². The Morgan fingerprint density at radius 3 is 2.64 bits per heavy atom. The van der Waals surface area contributed by atoms with Gasteiger partial charge in [0.25, 0.3) is 0 Å². The second-order valence-electron chi connectivity index (χ2n) is 6.02. The van der Waals surface area contributed by atoms with Crippen LogP contribution in [0.2, 0.25) is 10.0 Å². The number of carboxylic acid groups (broad SMARTS) is 1. The van der Waals surface area contributed by atoms with Crippen molar-refractivity contribution < 1.29 is 14.7 Å². The third-order valence-corrected chi connectivity index (χ3v) is 5.66. The predicted octanol–water partition coefficient (Wildman–Crippen LogP) is 5.37. The van der Waals surface area contributed by atoms with Crippen molar-refractivity contribution in [3.05, 3.63) is 39.3 Å². The van der Waals surface area contributed by atoms with E-state index in [4.69, 9.17) is 23.2 Å². The molecule has 1 aromatic heterocycles. The van der Waals surface area contributed by atoms with E-state index in [-0.39, 0.29) is 24.5 Å². The summed E-state index contributed by atoms with van der Waals surface area (Å²) in [4.78, 5) is 28.1. The van der Waals surface area contributed by atoms with E-state index in [1.807, 2.05) is 13.8 Å². The van der Waals surface area contributed by atoms with Gasteiger partial charge in [0.1, 0.15) is 10.8 Å². The molecule has 0 spiro atoms. The summed E-state index contributed by atoms with van der Waals surface area (Å²) in [5, 5.41) is 12.9. The second-order valence-corrected chi connectivity index (χ2v) is 7.72. The molecular formula is C18H19Cl2NO3S. The maximum atomic E-state index is 12.3. The van der Waals surface area contributed by atoms with E-state index in [0.717, 1.165) is 12.0 Å². The van der Waals surface area contributed by atoms with Crippen LogP contribution < -0.4 is 0 Å². The topological polar surface area (TPSA) is 67.3 Å². The number of benzene rings is 1. The number of hydrogen-bond donors (Lipinski definition) is 1. The van der Waals surface area contributed by atoms with Crippen molar-refractivity contribution in [2.45, 2.75) is 33.1 Å². The molecule has 0 saturated heterocycles. The molecule has 0 fully saturated rings. The number of rotatable bonds is 8. The summed E-state index contributed by atoms with van der Waals surface area (Å²) in [6.45, 7) is 3.78. The Bertz CT molecular complexity index is 775. The number of Topliss-reactive ketones (excluding diaryl/α,β-unsaturated/α-hetero) is 1. The molecule has 1 N–H and O–H groups in total. The number of ketones is 1. The van der Waals surface area contributed by atoms with Gasteiger partial charge in [0.05, 0.1) is 16.6 Å². The van der Waals surface area contributed by atoms with E-state index in [2.05, 4.69) is 4.98 Å².